The molecule has 0 saturated carbocycles. The molecule has 2 atom stereocenters. The molecule has 36 heavy (non-hydrogen) atoms. The van der Waals surface area contributed by atoms with Crippen LogP contribution >= 0.6 is 0 Å². The van der Waals surface area contributed by atoms with Gasteiger partial charge in [0.15, 0.2) is 9.84 Å². The Morgan fingerprint density at radius 3 is 2.61 bits per heavy atom. The van der Waals surface area contributed by atoms with Crippen LogP contribution in [0, 0.1) is 5.92 Å². The molecular weight excluding hydrogens is 482 g/mol. The largest absolute Gasteiger partial charge is 0.396 e. The Labute approximate surface area is 209 Å². The van der Waals surface area contributed by atoms with Gasteiger partial charge in [0.05, 0.1) is 40.8 Å². The normalized spacial score (nSPS) is 20.6. The molecule has 2 fully saturated rings. The van der Waals surface area contributed by atoms with Gasteiger partial charge in [-0.1, -0.05) is 6.07 Å². The molecule has 0 radical (unpaired) electrons. The van der Waals surface area contributed by atoms with E-state index in [0.29, 0.717) is 53.3 Å². The number of sulfone groups is 1. The number of fused-ring (bicyclic) bond motifs is 1. The first-order chi connectivity index (χ1) is 17.2. The molecule has 5 rings (SSSR count). The van der Waals surface area contributed by atoms with Gasteiger partial charge in [0.25, 0.3) is 5.56 Å². The number of rotatable bonds is 6. The van der Waals surface area contributed by atoms with E-state index in [9.17, 15) is 23.4 Å². The molecule has 2 saturated heterocycles. The third-order valence-electron chi connectivity index (χ3n) is 7.28. The van der Waals surface area contributed by atoms with E-state index in [2.05, 4.69) is 4.98 Å². The summed E-state index contributed by atoms with van der Waals surface area (Å²) in [4.78, 5) is 26.5. The smallest absolute Gasteiger partial charge is 0.264 e. The van der Waals surface area contributed by atoms with Crippen molar-refractivity contribution in [3.05, 3.63) is 40.9 Å². The summed E-state index contributed by atoms with van der Waals surface area (Å²) in [5.74, 6) is 0.596. The Balaban J connectivity index is 1.68. The van der Waals surface area contributed by atoms with Crippen molar-refractivity contribution >= 4 is 32.2 Å². The summed E-state index contributed by atoms with van der Waals surface area (Å²) in [5.41, 5.74) is 1.97. The van der Waals surface area contributed by atoms with Crippen LogP contribution in [-0.4, -0.2) is 78.3 Å². The van der Waals surface area contributed by atoms with E-state index in [1.54, 1.807) is 25.2 Å². The molecule has 4 heterocycles. The molecule has 2 aliphatic rings. The molecule has 0 amide bonds. The predicted octanol–water partition coefficient (Wildman–Crippen LogP) is 1.18. The molecule has 11 heteroatoms. The Morgan fingerprint density at radius 1 is 1.11 bits per heavy atom. The SMILES string of the molecule is Cn1cnc2cc(-c3ccc(N4CCC[C@@H]4CO)c(S(C)(=O)=O)c3)nc(N3CC[C@H](CO)C3)c2c1=O. The minimum absolute atomic E-state index is 0.0359. The lowest BCUT2D eigenvalue weighted by Gasteiger charge is -2.27. The lowest BCUT2D eigenvalue weighted by molar-refractivity contribution is 0.238. The third-order valence-corrected chi connectivity index (χ3v) is 8.41. The van der Waals surface area contributed by atoms with Gasteiger partial charge in [-0.25, -0.2) is 18.4 Å². The third kappa shape index (κ3) is 4.35. The first kappa shape index (κ1) is 24.7. The maximum atomic E-state index is 13.0. The van der Waals surface area contributed by atoms with E-state index >= 15 is 0 Å². The fourth-order valence-corrected chi connectivity index (χ4v) is 6.21. The Bertz CT molecular complexity index is 1470. The number of benzene rings is 1. The zero-order valence-corrected chi connectivity index (χ0v) is 21.3. The monoisotopic (exact) mass is 513 g/mol. The summed E-state index contributed by atoms with van der Waals surface area (Å²) >= 11 is 0. The van der Waals surface area contributed by atoms with Crippen molar-refractivity contribution in [2.75, 3.05) is 48.9 Å². The van der Waals surface area contributed by atoms with E-state index in [-0.39, 0.29) is 35.6 Å². The van der Waals surface area contributed by atoms with Gasteiger partial charge in [-0.05, 0) is 37.5 Å². The number of anilines is 2. The second-order valence-corrected chi connectivity index (χ2v) is 11.8. The molecule has 192 valence electrons. The van der Waals surface area contributed by atoms with Gasteiger partial charge >= 0.3 is 0 Å². The zero-order valence-electron chi connectivity index (χ0n) is 20.5. The Kier molecular flexibility index (Phi) is 6.48. The van der Waals surface area contributed by atoms with Crippen molar-refractivity contribution in [3.8, 4) is 11.3 Å². The summed E-state index contributed by atoms with van der Waals surface area (Å²) in [5, 5.41) is 19.8. The van der Waals surface area contributed by atoms with E-state index in [0.717, 1.165) is 19.3 Å². The van der Waals surface area contributed by atoms with Crippen LogP contribution in [0.25, 0.3) is 22.2 Å². The van der Waals surface area contributed by atoms with Gasteiger partial charge in [0.2, 0.25) is 0 Å². The summed E-state index contributed by atoms with van der Waals surface area (Å²) < 4.78 is 27.1. The van der Waals surface area contributed by atoms with Crippen LogP contribution < -0.4 is 15.4 Å². The summed E-state index contributed by atoms with van der Waals surface area (Å²) in [6, 6.07) is 6.83. The number of aliphatic hydroxyl groups is 2. The van der Waals surface area contributed by atoms with Crippen LogP contribution in [0.3, 0.4) is 0 Å². The van der Waals surface area contributed by atoms with E-state index < -0.39 is 9.84 Å². The Hall–Kier alpha value is -3.02. The minimum atomic E-state index is -3.58. The van der Waals surface area contributed by atoms with E-state index in [4.69, 9.17) is 4.98 Å². The zero-order chi connectivity index (χ0) is 25.6. The quantitative estimate of drug-likeness (QED) is 0.499. The van der Waals surface area contributed by atoms with Gasteiger partial charge in [0, 0.05) is 51.0 Å². The van der Waals surface area contributed by atoms with Gasteiger partial charge in [-0.3, -0.25) is 4.79 Å². The first-order valence-corrected chi connectivity index (χ1v) is 14.0. The van der Waals surface area contributed by atoms with Crippen LogP contribution in [0.15, 0.2) is 40.3 Å². The second kappa shape index (κ2) is 9.45. The molecule has 0 aliphatic carbocycles. The highest BCUT2D eigenvalue weighted by molar-refractivity contribution is 7.90. The van der Waals surface area contributed by atoms with Gasteiger partial charge < -0.3 is 24.6 Å². The van der Waals surface area contributed by atoms with Crippen molar-refractivity contribution in [1.82, 2.24) is 14.5 Å². The maximum Gasteiger partial charge on any atom is 0.264 e. The molecular formula is C25H31N5O5S. The number of hydrogen-bond donors (Lipinski definition) is 2. The summed E-state index contributed by atoms with van der Waals surface area (Å²) in [6.07, 6.45) is 5.13. The van der Waals surface area contributed by atoms with Crippen molar-refractivity contribution in [1.29, 1.82) is 0 Å². The van der Waals surface area contributed by atoms with E-state index in [1.807, 2.05) is 15.9 Å². The summed E-state index contributed by atoms with van der Waals surface area (Å²) in [6.45, 7) is 1.94. The fourth-order valence-electron chi connectivity index (χ4n) is 5.30. The van der Waals surface area contributed by atoms with Crippen molar-refractivity contribution in [2.45, 2.75) is 30.2 Å². The average Bonchev–Trinajstić information content (AvgIpc) is 3.54. The average molecular weight is 514 g/mol. The topological polar surface area (TPSA) is 129 Å². The van der Waals surface area contributed by atoms with Gasteiger partial charge in [-0.2, -0.15) is 0 Å². The number of pyridine rings is 1. The molecule has 0 unspecified atom stereocenters. The number of hydrogen-bond acceptors (Lipinski definition) is 9. The molecule has 2 N–H and O–H groups in total. The van der Waals surface area contributed by atoms with Crippen LogP contribution in [0.4, 0.5) is 11.5 Å². The molecule has 10 nitrogen and oxygen atoms in total. The second-order valence-electron chi connectivity index (χ2n) is 9.80. The van der Waals surface area contributed by atoms with Gasteiger partial charge in [0.1, 0.15) is 11.2 Å². The van der Waals surface area contributed by atoms with Crippen LogP contribution in [0.1, 0.15) is 19.3 Å². The lowest BCUT2D eigenvalue weighted by Crippen LogP contribution is -2.33. The minimum Gasteiger partial charge on any atom is -0.396 e. The number of aryl methyl sites for hydroxylation is 1. The number of aromatic nitrogens is 3. The van der Waals surface area contributed by atoms with Crippen LogP contribution in [0.5, 0.6) is 0 Å². The molecule has 0 spiro atoms. The maximum absolute atomic E-state index is 13.0. The van der Waals surface area contributed by atoms with Crippen LogP contribution in [-0.2, 0) is 16.9 Å². The van der Waals surface area contributed by atoms with E-state index in [1.165, 1.54) is 17.2 Å². The molecule has 1 aromatic carbocycles. The highest BCUT2D eigenvalue weighted by Gasteiger charge is 2.30. The Morgan fingerprint density at radius 2 is 1.92 bits per heavy atom. The van der Waals surface area contributed by atoms with Gasteiger partial charge in [-0.15, -0.1) is 0 Å². The lowest BCUT2D eigenvalue weighted by atomic mass is 10.1. The van der Waals surface area contributed by atoms with Crippen molar-refractivity contribution in [2.24, 2.45) is 13.0 Å². The number of nitrogens with zero attached hydrogens (tertiary/aromatic N) is 5. The standard InChI is InChI=1S/C25H31N5O5S/c1-28-15-26-20-11-19(27-24(23(20)25(28)33)29-9-7-16(12-29)13-31)17-5-6-21(22(10-17)36(2,34)35)30-8-3-4-18(30)14-32/h5-6,10-11,15-16,18,31-32H,3-4,7-9,12-14H2,1-2H3/t16-,18+/m0/s1. The predicted molar refractivity (Wildman–Crippen MR) is 138 cm³/mol. The molecule has 2 aliphatic heterocycles. The fraction of sp³-hybridized carbons (Fsp3) is 0.480. The van der Waals surface area contributed by atoms with Crippen LogP contribution in [0.2, 0.25) is 0 Å². The van der Waals surface area contributed by atoms with Crippen molar-refractivity contribution in [3.63, 3.8) is 0 Å². The number of aliphatic hydroxyl groups excluding tert-OH is 2. The molecule has 3 aromatic rings. The first-order valence-electron chi connectivity index (χ1n) is 12.2. The molecule has 0 bridgehead atoms. The molecule has 2 aromatic heterocycles. The van der Waals surface area contributed by atoms with Crippen molar-refractivity contribution < 1.29 is 18.6 Å². The highest BCUT2D eigenvalue weighted by Crippen LogP contribution is 2.36. The highest BCUT2D eigenvalue weighted by atomic mass is 32.2. The summed E-state index contributed by atoms with van der Waals surface area (Å²) in [7, 11) is -1.94.